The van der Waals surface area contributed by atoms with E-state index < -0.39 is 0 Å². The molecule has 0 aliphatic carbocycles. The maximum Gasteiger partial charge on any atom is 0.194 e. The Balaban J connectivity index is 1.61. The van der Waals surface area contributed by atoms with Crippen LogP contribution in [0, 0.1) is 0 Å². The van der Waals surface area contributed by atoms with Crippen molar-refractivity contribution in [2.24, 2.45) is 4.99 Å². The largest absolute Gasteiger partial charge is 0.349 e. The van der Waals surface area contributed by atoms with E-state index in [9.17, 15) is 0 Å². The van der Waals surface area contributed by atoms with Gasteiger partial charge < -0.3 is 14.8 Å². The van der Waals surface area contributed by atoms with Crippen LogP contribution >= 0.6 is 15.9 Å². The Kier molecular flexibility index (Phi) is 6.07. The molecule has 0 bridgehead atoms. The van der Waals surface area contributed by atoms with Crippen molar-refractivity contribution >= 4 is 21.9 Å². The number of aromatic nitrogens is 3. The van der Waals surface area contributed by atoms with Crippen LogP contribution in [0.25, 0.3) is 0 Å². The van der Waals surface area contributed by atoms with E-state index in [4.69, 9.17) is 0 Å². The van der Waals surface area contributed by atoms with Crippen LogP contribution in [0.4, 0.5) is 0 Å². The molecule has 0 radical (unpaired) electrons. The molecule has 0 amide bonds. The first kappa shape index (κ1) is 17.9. The Labute approximate surface area is 157 Å². The van der Waals surface area contributed by atoms with Gasteiger partial charge in [-0.2, -0.15) is 0 Å². The lowest BCUT2D eigenvalue weighted by molar-refractivity contribution is 0.473. The van der Waals surface area contributed by atoms with Crippen molar-refractivity contribution in [1.29, 1.82) is 0 Å². The van der Waals surface area contributed by atoms with Crippen LogP contribution in [0.1, 0.15) is 36.5 Å². The fraction of sp³-hybridized carbons (Fsp3) is 0.500. The molecule has 134 valence electrons. The second-order valence-corrected chi connectivity index (χ2v) is 7.29. The molecule has 0 saturated heterocycles. The third-order valence-electron chi connectivity index (χ3n) is 4.50. The number of hydrogen-bond donors (Lipinski definition) is 1. The summed E-state index contributed by atoms with van der Waals surface area (Å²) in [6.45, 7) is 2.46. The Bertz CT molecular complexity index is 722. The van der Waals surface area contributed by atoms with Crippen molar-refractivity contribution in [2.75, 3.05) is 14.1 Å². The van der Waals surface area contributed by atoms with E-state index >= 15 is 0 Å². The summed E-state index contributed by atoms with van der Waals surface area (Å²) in [5.74, 6) is 2.97. The highest BCUT2D eigenvalue weighted by Crippen LogP contribution is 2.15. The van der Waals surface area contributed by atoms with Gasteiger partial charge in [0, 0.05) is 38.1 Å². The number of halogens is 1. The first-order valence-electron chi connectivity index (χ1n) is 8.74. The molecule has 0 unspecified atom stereocenters. The van der Waals surface area contributed by atoms with Crippen molar-refractivity contribution < 1.29 is 0 Å². The van der Waals surface area contributed by atoms with Crippen LogP contribution in [0.15, 0.2) is 33.7 Å². The van der Waals surface area contributed by atoms with Crippen molar-refractivity contribution in [3.05, 3.63) is 46.0 Å². The van der Waals surface area contributed by atoms with Crippen LogP contribution in [0.5, 0.6) is 0 Å². The SMILES string of the molecule is CN=C(NCc1nnc2n1CCCCC2)N(C)Cc1ccc(Br)cc1. The predicted octanol–water partition coefficient (Wildman–Crippen LogP) is 2.97. The molecule has 1 N–H and O–H groups in total. The smallest absolute Gasteiger partial charge is 0.194 e. The highest BCUT2D eigenvalue weighted by molar-refractivity contribution is 9.10. The van der Waals surface area contributed by atoms with Crippen LogP contribution < -0.4 is 5.32 Å². The van der Waals surface area contributed by atoms with Gasteiger partial charge in [-0.25, -0.2) is 0 Å². The lowest BCUT2D eigenvalue weighted by Gasteiger charge is -2.22. The van der Waals surface area contributed by atoms with Crippen molar-refractivity contribution in [1.82, 2.24) is 25.0 Å². The lowest BCUT2D eigenvalue weighted by Crippen LogP contribution is -2.38. The molecule has 0 spiro atoms. The summed E-state index contributed by atoms with van der Waals surface area (Å²) in [6.07, 6.45) is 4.72. The Hall–Kier alpha value is -1.89. The summed E-state index contributed by atoms with van der Waals surface area (Å²) in [7, 11) is 3.85. The molecule has 0 saturated carbocycles. The average molecular weight is 405 g/mol. The summed E-state index contributed by atoms with van der Waals surface area (Å²) >= 11 is 3.47. The lowest BCUT2D eigenvalue weighted by atomic mass is 10.2. The van der Waals surface area contributed by atoms with Gasteiger partial charge in [-0.1, -0.05) is 34.5 Å². The normalized spacial score (nSPS) is 14.8. The van der Waals surface area contributed by atoms with E-state index in [1.54, 1.807) is 0 Å². The molecule has 1 aliphatic heterocycles. The minimum atomic E-state index is 0.643. The Morgan fingerprint density at radius 3 is 2.80 bits per heavy atom. The van der Waals surface area contributed by atoms with E-state index in [0.29, 0.717) is 6.54 Å². The number of aryl methyl sites for hydroxylation is 1. The molecule has 2 aromatic rings. The van der Waals surface area contributed by atoms with Crippen molar-refractivity contribution in [3.8, 4) is 0 Å². The topological polar surface area (TPSA) is 58.3 Å². The van der Waals surface area contributed by atoms with Gasteiger partial charge in [0.1, 0.15) is 5.82 Å². The first-order chi connectivity index (χ1) is 12.2. The zero-order valence-corrected chi connectivity index (χ0v) is 16.5. The van der Waals surface area contributed by atoms with Crippen LogP contribution in [0.3, 0.4) is 0 Å². The van der Waals surface area contributed by atoms with E-state index in [-0.39, 0.29) is 0 Å². The fourth-order valence-corrected chi connectivity index (χ4v) is 3.42. The maximum absolute atomic E-state index is 4.40. The molecule has 0 atom stereocenters. The van der Waals surface area contributed by atoms with Crippen molar-refractivity contribution in [3.63, 3.8) is 0 Å². The van der Waals surface area contributed by atoms with Crippen molar-refractivity contribution in [2.45, 2.75) is 45.3 Å². The van der Waals surface area contributed by atoms with Gasteiger partial charge in [0.25, 0.3) is 0 Å². The highest BCUT2D eigenvalue weighted by atomic mass is 79.9. The molecule has 2 heterocycles. The molecule has 7 heteroatoms. The molecule has 3 rings (SSSR count). The minimum Gasteiger partial charge on any atom is -0.349 e. The quantitative estimate of drug-likeness (QED) is 0.628. The number of fused-ring (bicyclic) bond motifs is 1. The van der Waals surface area contributed by atoms with Gasteiger partial charge >= 0.3 is 0 Å². The minimum absolute atomic E-state index is 0.643. The van der Waals surface area contributed by atoms with Gasteiger partial charge in [-0.3, -0.25) is 4.99 Å². The summed E-state index contributed by atoms with van der Waals surface area (Å²) in [5, 5.41) is 12.1. The number of guanidine groups is 1. The first-order valence-corrected chi connectivity index (χ1v) is 9.54. The number of rotatable bonds is 4. The van der Waals surface area contributed by atoms with Gasteiger partial charge in [-0.05, 0) is 30.5 Å². The summed E-state index contributed by atoms with van der Waals surface area (Å²) < 4.78 is 3.36. The summed E-state index contributed by atoms with van der Waals surface area (Å²) in [5.41, 5.74) is 1.24. The molecule has 6 nitrogen and oxygen atoms in total. The van der Waals surface area contributed by atoms with Gasteiger partial charge in [0.15, 0.2) is 11.8 Å². The molecular weight excluding hydrogens is 380 g/mol. The molecular formula is C18H25BrN6. The number of nitrogens with one attached hydrogen (secondary N) is 1. The molecule has 1 aromatic heterocycles. The summed E-state index contributed by atoms with van der Waals surface area (Å²) in [6, 6.07) is 8.36. The maximum atomic E-state index is 4.40. The molecule has 0 fully saturated rings. The zero-order chi connectivity index (χ0) is 17.6. The standard InChI is InChI=1S/C18H25BrN6/c1-20-18(24(2)13-14-7-9-15(19)10-8-14)21-12-17-23-22-16-6-4-3-5-11-25(16)17/h7-10H,3-6,11-13H2,1-2H3,(H,20,21). The number of aliphatic imine (C=N–C) groups is 1. The third-order valence-corrected chi connectivity index (χ3v) is 5.03. The van der Waals surface area contributed by atoms with E-state index in [2.05, 4.69) is 70.2 Å². The van der Waals surface area contributed by atoms with E-state index in [0.717, 1.165) is 41.6 Å². The second kappa shape index (κ2) is 8.47. The fourth-order valence-electron chi connectivity index (χ4n) is 3.16. The average Bonchev–Trinajstić information content (AvgIpc) is 2.84. The zero-order valence-electron chi connectivity index (χ0n) is 14.9. The van der Waals surface area contributed by atoms with Crippen LogP contribution in [0.2, 0.25) is 0 Å². The van der Waals surface area contributed by atoms with Gasteiger partial charge in [0.05, 0.1) is 6.54 Å². The second-order valence-electron chi connectivity index (χ2n) is 6.38. The van der Waals surface area contributed by atoms with Crippen LogP contribution in [-0.2, 0) is 26.1 Å². The monoisotopic (exact) mass is 404 g/mol. The Morgan fingerprint density at radius 1 is 1.24 bits per heavy atom. The molecule has 25 heavy (non-hydrogen) atoms. The van der Waals surface area contributed by atoms with Crippen LogP contribution in [-0.4, -0.2) is 39.7 Å². The summed E-state index contributed by atoms with van der Waals surface area (Å²) in [4.78, 5) is 6.51. The number of benzene rings is 1. The number of nitrogens with zero attached hydrogens (tertiary/aromatic N) is 5. The Morgan fingerprint density at radius 2 is 2.04 bits per heavy atom. The van der Waals surface area contributed by atoms with Gasteiger partial charge in [-0.15, -0.1) is 10.2 Å². The third kappa shape index (κ3) is 4.60. The van der Waals surface area contributed by atoms with Gasteiger partial charge in [0.2, 0.25) is 0 Å². The van der Waals surface area contributed by atoms with E-state index in [1.165, 1.54) is 24.8 Å². The molecule has 1 aromatic carbocycles. The predicted molar refractivity (Wildman–Crippen MR) is 103 cm³/mol. The highest BCUT2D eigenvalue weighted by Gasteiger charge is 2.15. The molecule has 1 aliphatic rings. The van der Waals surface area contributed by atoms with E-state index in [1.807, 2.05) is 14.1 Å². The number of hydrogen-bond acceptors (Lipinski definition) is 3.